The van der Waals surface area contributed by atoms with Gasteiger partial charge in [0.25, 0.3) is 0 Å². The Balaban J connectivity index is 2.14. The minimum atomic E-state index is -1.03. The van der Waals surface area contributed by atoms with Gasteiger partial charge in [-0.15, -0.1) is 0 Å². The van der Waals surface area contributed by atoms with Gasteiger partial charge >= 0.3 is 5.97 Å². The van der Waals surface area contributed by atoms with E-state index in [1.165, 1.54) is 30.3 Å². The summed E-state index contributed by atoms with van der Waals surface area (Å²) in [5, 5.41) is 9.66. The van der Waals surface area contributed by atoms with Gasteiger partial charge in [0, 0.05) is 5.56 Å². The highest BCUT2D eigenvalue weighted by Gasteiger charge is 2.05. The van der Waals surface area contributed by atoms with E-state index in [1.807, 2.05) is 0 Å². The molecule has 0 bridgehead atoms. The molecule has 0 aromatic heterocycles. The number of rotatable bonds is 4. The summed E-state index contributed by atoms with van der Waals surface area (Å²) in [5.41, 5.74) is 1.30. The van der Waals surface area contributed by atoms with Crippen LogP contribution < -0.4 is 0 Å². The van der Waals surface area contributed by atoms with Gasteiger partial charge in [-0.05, 0) is 35.9 Å². The zero-order chi connectivity index (χ0) is 15.4. The SMILES string of the molecule is O=C(O)c1ccc(C(=O)C=Cc2ccc(Cl)c(Cl)c2)cc1. The molecular weight excluding hydrogens is 311 g/mol. The number of hydrogen-bond donors (Lipinski definition) is 1. The molecule has 2 aromatic carbocycles. The van der Waals surface area contributed by atoms with Crippen LogP contribution in [0.2, 0.25) is 10.0 Å². The molecule has 21 heavy (non-hydrogen) atoms. The van der Waals surface area contributed by atoms with E-state index in [4.69, 9.17) is 28.3 Å². The standard InChI is InChI=1S/C16H10Cl2O3/c17-13-7-1-10(9-14(13)18)2-8-15(19)11-3-5-12(6-4-11)16(20)21/h1-9H,(H,20,21). The molecule has 3 nitrogen and oxygen atoms in total. The number of allylic oxidation sites excluding steroid dienone is 1. The molecule has 0 spiro atoms. The van der Waals surface area contributed by atoms with Crippen molar-refractivity contribution >= 4 is 41.0 Å². The number of halogens is 2. The smallest absolute Gasteiger partial charge is 0.335 e. The van der Waals surface area contributed by atoms with Crippen molar-refractivity contribution in [3.05, 3.63) is 75.3 Å². The highest BCUT2D eigenvalue weighted by Crippen LogP contribution is 2.23. The Morgan fingerprint density at radius 3 is 2.10 bits per heavy atom. The maximum absolute atomic E-state index is 12.0. The van der Waals surface area contributed by atoms with Crippen LogP contribution in [0.4, 0.5) is 0 Å². The summed E-state index contributed by atoms with van der Waals surface area (Å²) in [4.78, 5) is 22.7. The van der Waals surface area contributed by atoms with Crippen molar-refractivity contribution in [2.45, 2.75) is 0 Å². The second-order valence-electron chi connectivity index (χ2n) is 4.25. The van der Waals surface area contributed by atoms with E-state index in [0.29, 0.717) is 15.6 Å². The topological polar surface area (TPSA) is 54.4 Å². The molecule has 0 radical (unpaired) electrons. The van der Waals surface area contributed by atoms with Gasteiger partial charge in [0.15, 0.2) is 5.78 Å². The summed E-state index contributed by atoms with van der Waals surface area (Å²) in [7, 11) is 0. The highest BCUT2D eigenvalue weighted by atomic mass is 35.5. The van der Waals surface area contributed by atoms with Crippen LogP contribution >= 0.6 is 23.2 Å². The lowest BCUT2D eigenvalue weighted by atomic mass is 10.1. The highest BCUT2D eigenvalue weighted by molar-refractivity contribution is 6.42. The minimum Gasteiger partial charge on any atom is -0.478 e. The number of hydrogen-bond acceptors (Lipinski definition) is 2. The number of benzene rings is 2. The summed E-state index contributed by atoms with van der Waals surface area (Å²) in [6, 6.07) is 10.8. The fourth-order valence-corrected chi connectivity index (χ4v) is 1.97. The molecule has 0 aliphatic carbocycles. The fourth-order valence-electron chi connectivity index (χ4n) is 1.66. The third kappa shape index (κ3) is 3.94. The van der Waals surface area contributed by atoms with E-state index < -0.39 is 5.97 Å². The van der Waals surface area contributed by atoms with Crippen molar-refractivity contribution in [1.82, 2.24) is 0 Å². The second kappa shape index (κ2) is 6.57. The molecule has 0 fully saturated rings. The molecule has 0 unspecified atom stereocenters. The fraction of sp³-hybridized carbons (Fsp3) is 0. The second-order valence-corrected chi connectivity index (χ2v) is 5.07. The van der Waals surface area contributed by atoms with Crippen molar-refractivity contribution in [2.75, 3.05) is 0 Å². The van der Waals surface area contributed by atoms with E-state index in [0.717, 1.165) is 5.56 Å². The van der Waals surface area contributed by atoms with Gasteiger partial charge in [0.05, 0.1) is 15.6 Å². The molecule has 0 amide bonds. The average molecular weight is 321 g/mol. The van der Waals surface area contributed by atoms with Crippen LogP contribution in [-0.4, -0.2) is 16.9 Å². The van der Waals surface area contributed by atoms with Crippen molar-refractivity contribution in [3.63, 3.8) is 0 Å². The predicted octanol–water partition coefficient (Wildman–Crippen LogP) is 4.59. The predicted molar refractivity (Wildman–Crippen MR) is 83.2 cm³/mol. The molecule has 5 heteroatoms. The number of carbonyl (C=O) groups excluding carboxylic acids is 1. The van der Waals surface area contributed by atoms with Gasteiger partial charge in [0.2, 0.25) is 0 Å². The first-order valence-corrected chi connectivity index (χ1v) is 6.74. The Morgan fingerprint density at radius 1 is 0.905 bits per heavy atom. The molecule has 0 saturated heterocycles. The summed E-state index contributed by atoms with van der Waals surface area (Å²) in [5.74, 6) is -1.25. The molecule has 0 aliphatic rings. The Morgan fingerprint density at radius 2 is 1.52 bits per heavy atom. The van der Waals surface area contributed by atoms with Crippen molar-refractivity contribution in [3.8, 4) is 0 Å². The molecular formula is C16H10Cl2O3. The van der Waals surface area contributed by atoms with Crippen molar-refractivity contribution in [2.24, 2.45) is 0 Å². The van der Waals surface area contributed by atoms with E-state index in [-0.39, 0.29) is 11.3 Å². The van der Waals surface area contributed by atoms with Gasteiger partial charge in [0.1, 0.15) is 0 Å². The van der Waals surface area contributed by atoms with Crippen molar-refractivity contribution < 1.29 is 14.7 Å². The van der Waals surface area contributed by atoms with Crippen LogP contribution in [0.15, 0.2) is 48.5 Å². The minimum absolute atomic E-state index is 0.139. The van der Waals surface area contributed by atoms with E-state index in [1.54, 1.807) is 24.3 Å². The number of aromatic carboxylic acids is 1. The van der Waals surface area contributed by atoms with Crippen LogP contribution in [0.25, 0.3) is 6.08 Å². The summed E-state index contributed by atoms with van der Waals surface area (Å²) < 4.78 is 0. The first-order valence-electron chi connectivity index (χ1n) is 5.98. The molecule has 1 N–H and O–H groups in total. The van der Waals surface area contributed by atoms with Crippen LogP contribution in [-0.2, 0) is 0 Å². The largest absolute Gasteiger partial charge is 0.478 e. The zero-order valence-electron chi connectivity index (χ0n) is 10.7. The number of carboxylic acids is 1. The van der Waals surface area contributed by atoms with Gasteiger partial charge in [-0.1, -0.05) is 47.5 Å². The van der Waals surface area contributed by atoms with Crippen LogP contribution in [0, 0.1) is 0 Å². The molecule has 0 aliphatic heterocycles. The molecule has 2 rings (SSSR count). The molecule has 106 valence electrons. The van der Waals surface area contributed by atoms with Crippen molar-refractivity contribution in [1.29, 1.82) is 0 Å². The number of carboxylic acid groups (broad SMARTS) is 1. The van der Waals surface area contributed by atoms with Crippen LogP contribution in [0.3, 0.4) is 0 Å². The Labute approximate surface area is 131 Å². The summed E-state index contributed by atoms with van der Waals surface area (Å²) in [6.07, 6.45) is 3.02. The molecule has 0 heterocycles. The Bertz CT molecular complexity index is 719. The van der Waals surface area contributed by atoms with Gasteiger partial charge < -0.3 is 5.11 Å². The maximum atomic E-state index is 12.0. The van der Waals surface area contributed by atoms with Gasteiger partial charge in [-0.2, -0.15) is 0 Å². The summed E-state index contributed by atoms with van der Waals surface area (Å²) in [6.45, 7) is 0. The lowest BCUT2D eigenvalue weighted by Gasteiger charge is -1.99. The first kappa shape index (κ1) is 15.3. The average Bonchev–Trinajstić information content (AvgIpc) is 2.48. The molecule has 0 saturated carbocycles. The molecule has 0 atom stereocenters. The van der Waals surface area contributed by atoms with Gasteiger partial charge in [-0.25, -0.2) is 4.79 Å². The maximum Gasteiger partial charge on any atom is 0.335 e. The normalized spacial score (nSPS) is 10.8. The lowest BCUT2D eigenvalue weighted by molar-refractivity contribution is 0.0696. The summed E-state index contributed by atoms with van der Waals surface area (Å²) >= 11 is 11.7. The first-order chi connectivity index (χ1) is 9.97. The quantitative estimate of drug-likeness (QED) is 0.662. The van der Waals surface area contributed by atoms with Gasteiger partial charge in [-0.3, -0.25) is 4.79 Å². The third-order valence-electron chi connectivity index (χ3n) is 2.79. The van der Waals surface area contributed by atoms with E-state index in [9.17, 15) is 9.59 Å². The third-order valence-corrected chi connectivity index (χ3v) is 3.53. The van der Waals surface area contributed by atoms with E-state index >= 15 is 0 Å². The van der Waals surface area contributed by atoms with Crippen LogP contribution in [0.1, 0.15) is 26.3 Å². The number of carbonyl (C=O) groups is 2. The zero-order valence-corrected chi connectivity index (χ0v) is 12.2. The van der Waals surface area contributed by atoms with E-state index in [2.05, 4.69) is 0 Å². The Hall–Kier alpha value is -2.10. The lowest BCUT2D eigenvalue weighted by Crippen LogP contribution is -1.98. The van der Waals surface area contributed by atoms with Crippen LogP contribution in [0.5, 0.6) is 0 Å². The monoisotopic (exact) mass is 320 g/mol. The number of ketones is 1. The molecule has 2 aromatic rings. The Kier molecular flexibility index (Phi) is 4.78.